The maximum atomic E-state index is 11.3. The quantitative estimate of drug-likeness (QED) is 0.663. The van der Waals surface area contributed by atoms with Crippen LogP contribution in [-0.4, -0.2) is 0 Å². The molecule has 0 aromatic carbocycles. The molecule has 0 atom stereocenters. The molecule has 0 unspecified atom stereocenters. The van der Waals surface area contributed by atoms with Gasteiger partial charge in [-0.3, -0.25) is 0 Å². The highest BCUT2D eigenvalue weighted by atomic mass is 16.4. The summed E-state index contributed by atoms with van der Waals surface area (Å²) in [5.41, 5.74) is 4.07. The highest BCUT2D eigenvalue weighted by Crippen LogP contribution is 2.10. The molecule has 5 heteroatoms. The predicted molar refractivity (Wildman–Crippen MR) is 50.2 cm³/mol. The predicted octanol–water partition coefficient (Wildman–Crippen LogP) is 0.637. The highest BCUT2D eigenvalue weighted by molar-refractivity contribution is 5.81. The average Bonchev–Trinajstić information content (AvgIpc) is 2.07. The largest absolute Gasteiger partial charge is 0.428 e. The van der Waals surface area contributed by atoms with Gasteiger partial charge in [-0.15, -0.1) is 0 Å². The Kier molecular flexibility index (Phi) is 1.67. The maximum absolute atomic E-state index is 11.3. The molecule has 2 rings (SSSR count). The minimum absolute atomic E-state index is 0.0985. The molecule has 0 aliphatic rings. The summed E-state index contributed by atoms with van der Waals surface area (Å²) in [6, 6.07) is 2.73. The van der Waals surface area contributed by atoms with Crippen LogP contribution in [0, 0.1) is 6.92 Å². The van der Waals surface area contributed by atoms with E-state index in [4.69, 9.17) is 10.2 Å². The Balaban J connectivity index is 3.10. The molecule has 72 valence electrons. The van der Waals surface area contributed by atoms with Gasteiger partial charge in [0.1, 0.15) is 5.76 Å². The number of nitrogen functional groups attached to an aromatic ring is 1. The van der Waals surface area contributed by atoms with Gasteiger partial charge in [0.05, 0.1) is 10.8 Å². The number of rotatable bonds is 0. The number of hydrogen-bond donors (Lipinski definition) is 1. The van der Waals surface area contributed by atoms with Gasteiger partial charge in [-0.25, -0.2) is 9.59 Å². The van der Waals surface area contributed by atoms with Crippen LogP contribution < -0.4 is 17.0 Å². The van der Waals surface area contributed by atoms with Crippen LogP contribution in [0.5, 0.6) is 0 Å². The van der Waals surface area contributed by atoms with E-state index in [2.05, 4.69) is 4.42 Å². The van der Waals surface area contributed by atoms with Gasteiger partial charge in [0.15, 0.2) is 5.88 Å². The monoisotopic (exact) mass is 193 g/mol. The van der Waals surface area contributed by atoms with E-state index in [1.165, 1.54) is 12.1 Å². The summed E-state index contributed by atoms with van der Waals surface area (Å²) in [6.45, 7) is 1.58. The number of anilines is 1. The molecule has 0 bridgehead atoms. The van der Waals surface area contributed by atoms with E-state index < -0.39 is 11.3 Å². The fourth-order valence-corrected chi connectivity index (χ4v) is 1.26. The van der Waals surface area contributed by atoms with Crippen LogP contribution in [0.25, 0.3) is 10.8 Å². The second kappa shape index (κ2) is 2.73. The number of aryl methyl sites for hydroxylation is 1. The summed E-state index contributed by atoms with van der Waals surface area (Å²) >= 11 is 0. The number of nitrogens with two attached hydrogens (primary N) is 1. The minimum atomic E-state index is -0.629. The molecule has 0 aliphatic heterocycles. The first kappa shape index (κ1) is 8.55. The molecule has 0 aliphatic carbocycles. The topological polar surface area (TPSA) is 86.4 Å². The third-order valence-corrected chi connectivity index (χ3v) is 1.83. The van der Waals surface area contributed by atoms with Crippen molar-refractivity contribution in [2.75, 3.05) is 5.73 Å². The smallest absolute Gasteiger partial charge is 0.345 e. The van der Waals surface area contributed by atoms with Crippen LogP contribution in [-0.2, 0) is 0 Å². The van der Waals surface area contributed by atoms with Crippen molar-refractivity contribution in [3.63, 3.8) is 0 Å². The standard InChI is InChI=1S/C9H7NO4/c1-4-2-5-6(8(11)13-4)3-7(10)14-9(5)12/h2-3H,10H2,1H3. The molecule has 2 aromatic rings. The summed E-state index contributed by atoms with van der Waals surface area (Å²) in [6.07, 6.45) is 0. The first-order valence-corrected chi connectivity index (χ1v) is 3.92. The third-order valence-electron chi connectivity index (χ3n) is 1.83. The van der Waals surface area contributed by atoms with Crippen LogP contribution in [0.2, 0.25) is 0 Å². The van der Waals surface area contributed by atoms with E-state index in [1.807, 2.05) is 0 Å². The van der Waals surface area contributed by atoms with E-state index in [-0.39, 0.29) is 16.7 Å². The normalized spacial score (nSPS) is 10.6. The summed E-state index contributed by atoms with van der Waals surface area (Å²) in [4.78, 5) is 22.6. The van der Waals surface area contributed by atoms with Gasteiger partial charge in [0.2, 0.25) is 0 Å². The van der Waals surface area contributed by atoms with Gasteiger partial charge >= 0.3 is 11.3 Å². The Hall–Kier alpha value is -2.04. The molecule has 14 heavy (non-hydrogen) atoms. The van der Waals surface area contributed by atoms with Gasteiger partial charge in [-0.1, -0.05) is 0 Å². The number of hydrogen-bond acceptors (Lipinski definition) is 5. The van der Waals surface area contributed by atoms with Gasteiger partial charge < -0.3 is 14.6 Å². The van der Waals surface area contributed by atoms with E-state index >= 15 is 0 Å². The van der Waals surface area contributed by atoms with Crippen molar-refractivity contribution >= 4 is 16.7 Å². The van der Waals surface area contributed by atoms with Crippen molar-refractivity contribution in [2.24, 2.45) is 0 Å². The molecule has 0 spiro atoms. The van der Waals surface area contributed by atoms with Crippen LogP contribution in [0.3, 0.4) is 0 Å². The van der Waals surface area contributed by atoms with Gasteiger partial charge in [0, 0.05) is 6.07 Å². The Morgan fingerprint density at radius 2 is 1.64 bits per heavy atom. The molecular weight excluding hydrogens is 186 g/mol. The summed E-state index contributed by atoms with van der Waals surface area (Å²) in [5.74, 6) is 0.262. The Bertz CT molecular complexity index is 553. The summed E-state index contributed by atoms with van der Waals surface area (Å²) in [5, 5.41) is 0.331. The molecule has 5 nitrogen and oxygen atoms in total. The zero-order valence-corrected chi connectivity index (χ0v) is 7.37. The second-order valence-corrected chi connectivity index (χ2v) is 2.91. The first-order chi connectivity index (χ1) is 6.58. The van der Waals surface area contributed by atoms with E-state index in [9.17, 15) is 9.59 Å². The lowest BCUT2D eigenvalue weighted by molar-refractivity contribution is 0.484. The minimum Gasteiger partial charge on any atom is -0.428 e. The molecule has 2 aromatic heterocycles. The zero-order valence-electron chi connectivity index (χ0n) is 7.37. The number of fused-ring (bicyclic) bond motifs is 1. The van der Waals surface area contributed by atoms with Crippen molar-refractivity contribution in [3.05, 3.63) is 38.7 Å². The molecule has 2 heterocycles. The zero-order chi connectivity index (χ0) is 10.3. The Morgan fingerprint density at radius 1 is 1.07 bits per heavy atom. The molecule has 0 saturated carbocycles. The van der Waals surface area contributed by atoms with Crippen molar-refractivity contribution in [2.45, 2.75) is 6.92 Å². The van der Waals surface area contributed by atoms with E-state index in [0.717, 1.165) is 0 Å². The maximum Gasteiger partial charge on any atom is 0.345 e. The van der Waals surface area contributed by atoms with Gasteiger partial charge in [-0.2, -0.15) is 0 Å². The third kappa shape index (κ3) is 1.19. The highest BCUT2D eigenvalue weighted by Gasteiger charge is 2.07. The Morgan fingerprint density at radius 3 is 2.36 bits per heavy atom. The molecule has 2 N–H and O–H groups in total. The van der Waals surface area contributed by atoms with Gasteiger partial charge in [-0.05, 0) is 13.0 Å². The molecule has 0 radical (unpaired) electrons. The van der Waals surface area contributed by atoms with Crippen LogP contribution in [0.1, 0.15) is 5.76 Å². The summed E-state index contributed by atoms with van der Waals surface area (Å²) < 4.78 is 9.45. The fourth-order valence-electron chi connectivity index (χ4n) is 1.26. The fraction of sp³-hybridized carbons (Fsp3) is 0.111. The van der Waals surface area contributed by atoms with Crippen LogP contribution in [0.4, 0.5) is 5.88 Å². The average molecular weight is 193 g/mol. The molecule has 0 saturated heterocycles. The Labute approximate surface area is 77.8 Å². The summed E-state index contributed by atoms with van der Waals surface area (Å²) in [7, 11) is 0. The van der Waals surface area contributed by atoms with Crippen molar-refractivity contribution < 1.29 is 8.83 Å². The molecule has 0 fully saturated rings. The molecular formula is C9H7NO4. The molecule has 0 amide bonds. The SMILES string of the molecule is Cc1cc2c(=O)oc(N)cc2c(=O)o1. The van der Waals surface area contributed by atoms with E-state index in [0.29, 0.717) is 5.76 Å². The lowest BCUT2D eigenvalue weighted by Crippen LogP contribution is -2.09. The van der Waals surface area contributed by atoms with Crippen LogP contribution >= 0.6 is 0 Å². The first-order valence-electron chi connectivity index (χ1n) is 3.92. The lowest BCUT2D eigenvalue weighted by Gasteiger charge is -1.97. The second-order valence-electron chi connectivity index (χ2n) is 2.91. The van der Waals surface area contributed by atoms with E-state index in [1.54, 1.807) is 6.92 Å². The van der Waals surface area contributed by atoms with Crippen molar-refractivity contribution in [1.82, 2.24) is 0 Å². The van der Waals surface area contributed by atoms with Gasteiger partial charge in [0.25, 0.3) is 0 Å². The lowest BCUT2D eigenvalue weighted by atomic mass is 10.2. The van der Waals surface area contributed by atoms with Crippen molar-refractivity contribution in [3.8, 4) is 0 Å². The van der Waals surface area contributed by atoms with Crippen LogP contribution in [0.15, 0.2) is 30.6 Å². The van der Waals surface area contributed by atoms with Crippen molar-refractivity contribution in [1.29, 1.82) is 0 Å².